The van der Waals surface area contributed by atoms with Crippen LogP contribution >= 0.6 is 23.1 Å². The van der Waals surface area contributed by atoms with Gasteiger partial charge in [0.1, 0.15) is 0 Å². The van der Waals surface area contributed by atoms with Gasteiger partial charge in [0.05, 0.1) is 22.3 Å². The second-order valence-electron chi connectivity index (χ2n) is 7.77. The van der Waals surface area contributed by atoms with Crippen molar-refractivity contribution >= 4 is 40.2 Å². The predicted octanol–water partition coefficient (Wildman–Crippen LogP) is 4.16. The quantitative estimate of drug-likeness (QED) is 0.575. The lowest BCUT2D eigenvalue weighted by atomic mass is 9.86. The smallest absolute Gasteiger partial charge is 0.323 e. The summed E-state index contributed by atoms with van der Waals surface area (Å²) >= 11 is 2.52. The number of aliphatic carboxylic acids is 1. The summed E-state index contributed by atoms with van der Waals surface area (Å²) in [5.74, 6) is 0.392. The summed E-state index contributed by atoms with van der Waals surface area (Å²) in [6.45, 7) is 2.88. The number of nitrogens with one attached hydrogen (secondary N) is 1. The first-order chi connectivity index (χ1) is 13.5. The highest BCUT2D eigenvalue weighted by molar-refractivity contribution is 8.01. The maximum atomic E-state index is 13.1. The van der Waals surface area contributed by atoms with E-state index in [9.17, 15) is 9.59 Å². The van der Waals surface area contributed by atoms with Crippen LogP contribution in [0.2, 0.25) is 0 Å². The molecule has 1 unspecified atom stereocenters. The number of aromatic nitrogens is 1. The molecule has 156 valence electrons. The van der Waals surface area contributed by atoms with E-state index in [1.165, 1.54) is 35.9 Å². The van der Waals surface area contributed by atoms with Gasteiger partial charge in [-0.2, -0.15) is 0 Å². The lowest BCUT2D eigenvalue weighted by Crippen LogP contribution is -2.48. The van der Waals surface area contributed by atoms with Crippen LogP contribution in [0.25, 0.3) is 0 Å². The number of carboxylic acids is 1. The van der Waals surface area contributed by atoms with E-state index >= 15 is 0 Å². The van der Waals surface area contributed by atoms with Crippen molar-refractivity contribution < 1.29 is 19.4 Å². The number of carbonyl (C=O) groups excluding carboxylic acids is 1. The summed E-state index contributed by atoms with van der Waals surface area (Å²) in [4.78, 5) is 30.0. The Kier molecular flexibility index (Phi) is 7.59. The average molecular weight is 428 g/mol. The van der Waals surface area contributed by atoms with E-state index < -0.39 is 5.97 Å². The summed E-state index contributed by atoms with van der Waals surface area (Å²) in [5, 5.41) is 12.2. The van der Waals surface area contributed by atoms with Crippen molar-refractivity contribution in [3.63, 3.8) is 0 Å². The third kappa shape index (κ3) is 6.09. The molecule has 2 fully saturated rings. The molecule has 0 radical (unpaired) electrons. The number of thiazole rings is 1. The van der Waals surface area contributed by atoms with Crippen LogP contribution in [-0.4, -0.2) is 58.5 Å². The zero-order chi connectivity index (χ0) is 20.1. The van der Waals surface area contributed by atoms with E-state index in [0.29, 0.717) is 17.6 Å². The monoisotopic (exact) mass is 427 g/mol. The fourth-order valence-corrected chi connectivity index (χ4v) is 5.29. The Labute approximate surface area is 174 Å². The molecule has 2 aliphatic rings. The van der Waals surface area contributed by atoms with Gasteiger partial charge in [-0.15, -0.1) is 11.8 Å². The zero-order valence-electron chi connectivity index (χ0n) is 16.4. The van der Waals surface area contributed by atoms with E-state index in [0.717, 1.165) is 35.8 Å². The number of hydrogen-bond acceptors (Lipinski definition) is 6. The highest BCUT2D eigenvalue weighted by atomic mass is 32.2. The number of thioether (sulfide) groups is 1. The van der Waals surface area contributed by atoms with Crippen LogP contribution in [0.15, 0.2) is 10.4 Å². The second-order valence-corrected chi connectivity index (χ2v) is 10.1. The molecule has 2 amide bonds. The number of ether oxygens (including phenoxy) is 1. The van der Waals surface area contributed by atoms with Crippen LogP contribution in [0.4, 0.5) is 9.93 Å². The lowest BCUT2D eigenvalue weighted by molar-refractivity contribution is -0.133. The molecule has 3 rings (SSSR count). The molecule has 0 aromatic carbocycles. The molecular formula is C19H29N3O4S2. The van der Waals surface area contributed by atoms with Crippen LogP contribution < -0.4 is 5.32 Å². The van der Waals surface area contributed by atoms with Crippen molar-refractivity contribution in [3.05, 3.63) is 6.20 Å². The summed E-state index contributed by atoms with van der Waals surface area (Å²) in [6, 6.07) is 0.0970. The van der Waals surface area contributed by atoms with Crippen molar-refractivity contribution in [2.75, 3.05) is 24.7 Å². The van der Waals surface area contributed by atoms with Crippen LogP contribution in [-0.2, 0) is 9.53 Å². The Morgan fingerprint density at radius 1 is 1.36 bits per heavy atom. The second kappa shape index (κ2) is 9.93. The Morgan fingerprint density at radius 2 is 2.07 bits per heavy atom. The molecule has 0 spiro atoms. The third-order valence-corrected chi connectivity index (χ3v) is 7.64. The van der Waals surface area contributed by atoms with E-state index in [4.69, 9.17) is 9.84 Å². The number of hydrogen-bond donors (Lipinski definition) is 2. The Bertz CT molecular complexity index is 672. The van der Waals surface area contributed by atoms with Gasteiger partial charge in [-0.05, 0) is 50.4 Å². The highest BCUT2D eigenvalue weighted by Crippen LogP contribution is 2.36. The Balaban J connectivity index is 1.64. The minimum Gasteiger partial charge on any atom is -0.481 e. The molecule has 2 N–H and O–H groups in total. The maximum Gasteiger partial charge on any atom is 0.323 e. The number of nitrogens with zero attached hydrogens (tertiary/aromatic N) is 2. The molecule has 0 bridgehead atoms. The molecule has 1 atom stereocenters. The number of rotatable bonds is 9. The van der Waals surface area contributed by atoms with Gasteiger partial charge in [-0.25, -0.2) is 9.78 Å². The average Bonchev–Trinajstić information content (AvgIpc) is 3.41. The highest BCUT2D eigenvalue weighted by Gasteiger charge is 2.36. The first-order valence-corrected chi connectivity index (χ1v) is 11.7. The molecular weight excluding hydrogens is 398 g/mol. The van der Waals surface area contributed by atoms with E-state index in [2.05, 4.69) is 17.2 Å². The van der Waals surface area contributed by atoms with Crippen LogP contribution in [0.1, 0.15) is 45.4 Å². The van der Waals surface area contributed by atoms with Crippen LogP contribution in [0.3, 0.4) is 0 Å². The molecule has 0 aliphatic heterocycles. The number of urea groups is 1. The van der Waals surface area contributed by atoms with Crippen molar-refractivity contribution in [2.24, 2.45) is 11.8 Å². The van der Waals surface area contributed by atoms with Crippen LogP contribution in [0.5, 0.6) is 0 Å². The molecule has 2 saturated carbocycles. The van der Waals surface area contributed by atoms with E-state index in [1.807, 2.05) is 4.90 Å². The Morgan fingerprint density at radius 3 is 2.68 bits per heavy atom. The summed E-state index contributed by atoms with van der Waals surface area (Å²) in [7, 11) is 1.73. The van der Waals surface area contributed by atoms with Gasteiger partial charge in [-0.3, -0.25) is 10.1 Å². The van der Waals surface area contributed by atoms with Gasteiger partial charge < -0.3 is 14.7 Å². The lowest BCUT2D eigenvalue weighted by Gasteiger charge is -2.37. The maximum absolute atomic E-state index is 13.1. The fraction of sp³-hybridized carbons (Fsp3) is 0.737. The number of carbonyl (C=O) groups is 2. The molecule has 2 aliphatic carbocycles. The fourth-order valence-electron chi connectivity index (χ4n) is 3.71. The minimum absolute atomic E-state index is 0.0150. The largest absolute Gasteiger partial charge is 0.481 e. The molecule has 1 heterocycles. The number of anilines is 1. The summed E-state index contributed by atoms with van der Waals surface area (Å²) < 4.78 is 6.46. The topological polar surface area (TPSA) is 91.8 Å². The third-order valence-electron chi connectivity index (χ3n) is 5.55. The van der Waals surface area contributed by atoms with Gasteiger partial charge >= 0.3 is 12.0 Å². The number of carboxylic acid groups (broad SMARTS) is 1. The zero-order valence-corrected chi connectivity index (χ0v) is 18.1. The first-order valence-electron chi connectivity index (χ1n) is 9.87. The van der Waals surface area contributed by atoms with Crippen LogP contribution in [0, 0.1) is 11.8 Å². The predicted molar refractivity (Wildman–Crippen MR) is 111 cm³/mol. The standard InChI is InChI=1S/C19H29N3O4S2/c1-12-3-7-14(8-4-12)22(10-15(26-2)13-5-6-13)19(25)21-18-20-9-17(28-18)27-11-16(23)24/h9,12-15H,3-8,10-11H2,1-2H3,(H,23,24)(H,20,21,25)/t12-,14-,15?. The van der Waals surface area contributed by atoms with Gasteiger partial charge in [0, 0.05) is 19.7 Å². The normalized spacial score (nSPS) is 23.2. The molecule has 1 aromatic heterocycles. The first kappa shape index (κ1) is 21.4. The van der Waals surface area contributed by atoms with Crippen molar-refractivity contribution in [1.29, 1.82) is 0 Å². The van der Waals surface area contributed by atoms with Crippen molar-refractivity contribution in [3.8, 4) is 0 Å². The van der Waals surface area contributed by atoms with E-state index in [1.54, 1.807) is 13.3 Å². The minimum atomic E-state index is -0.868. The summed E-state index contributed by atoms with van der Waals surface area (Å²) in [6.07, 6.45) is 8.37. The Hall–Kier alpha value is -1.32. The molecule has 9 heteroatoms. The van der Waals surface area contributed by atoms with Crippen molar-refractivity contribution in [2.45, 2.75) is 61.8 Å². The molecule has 1 aromatic rings. The summed E-state index contributed by atoms with van der Waals surface area (Å²) in [5.41, 5.74) is 0. The molecule has 7 nitrogen and oxygen atoms in total. The number of amides is 2. The van der Waals surface area contributed by atoms with Gasteiger partial charge in [0.25, 0.3) is 0 Å². The molecule has 0 saturated heterocycles. The van der Waals surface area contributed by atoms with E-state index in [-0.39, 0.29) is 23.9 Å². The van der Waals surface area contributed by atoms with Gasteiger partial charge in [0.2, 0.25) is 0 Å². The SMILES string of the molecule is COC(CN(C(=O)Nc1ncc(SCC(=O)O)s1)[C@H]1CC[C@H](C)CC1)C1CC1. The number of methoxy groups -OCH3 is 1. The van der Waals surface area contributed by atoms with Crippen molar-refractivity contribution in [1.82, 2.24) is 9.88 Å². The van der Waals surface area contributed by atoms with Gasteiger partial charge in [0.15, 0.2) is 5.13 Å². The van der Waals surface area contributed by atoms with Gasteiger partial charge in [-0.1, -0.05) is 18.3 Å². The molecule has 28 heavy (non-hydrogen) atoms.